The first kappa shape index (κ1) is 19.9. The lowest BCUT2D eigenvalue weighted by Gasteiger charge is -2.28. The highest BCUT2D eigenvalue weighted by Crippen LogP contribution is 2.30. The molecule has 4 heterocycles. The second-order valence-electron chi connectivity index (χ2n) is 7.55. The molecule has 4 rings (SSSR count). The van der Waals surface area contributed by atoms with Crippen molar-refractivity contribution >= 4 is 28.9 Å². The number of thiophene rings is 1. The summed E-state index contributed by atoms with van der Waals surface area (Å²) in [5.74, 6) is 0.249. The van der Waals surface area contributed by atoms with Gasteiger partial charge in [-0.3, -0.25) is 4.90 Å². The number of rotatable bonds is 8. The van der Waals surface area contributed by atoms with Crippen molar-refractivity contribution in [1.82, 2.24) is 19.8 Å². The van der Waals surface area contributed by atoms with E-state index in [0.717, 1.165) is 19.4 Å². The third-order valence-corrected chi connectivity index (χ3v) is 6.28. The molecular formula is C20H28N6O2S. The highest BCUT2D eigenvalue weighted by atomic mass is 32.1. The predicted molar refractivity (Wildman–Crippen MR) is 114 cm³/mol. The van der Waals surface area contributed by atoms with Crippen LogP contribution in [0.3, 0.4) is 0 Å². The highest BCUT2D eigenvalue weighted by molar-refractivity contribution is 7.11. The number of amides is 2. The molecule has 1 saturated heterocycles. The summed E-state index contributed by atoms with van der Waals surface area (Å²) in [5, 5.41) is 2.84. The Labute approximate surface area is 175 Å². The van der Waals surface area contributed by atoms with Gasteiger partial charge in [-0.1, -0.05) is 13.3 Å². The molecule has 0 aromatic carbocycles. The van der Waals surface area contributed by atoms with Gasteiger partial charge in [0.05, 0.1) is 25.4 Å². The number of nitrogens with zero attached hydrogens (tertiary/aromatic N) is 4. The van der Waals surface area contributed by atoms with E-state index in [4.69, 9.17) is 10.5 Å². The summed E-state index contributed by atoms with van der Waals surface area (Å²) in [6, 6.07) is 4.39. The molecule has 2 aromatic heterocycles. The molecule has 3 N–H and O–H groups in total. The standard InChI is InChI=1S/C20H28N6O2S/c1-2-3-10-28-19-22-16-13-26(20(27)23-17(16)18(21)24-19)12-15-7-6-14(29-15)11-25-8-4-5-9-25/h6-7H,2-5,8-13H2,1H3,(H,23,27)(H2,21,22,24). The van der Waals surface area contributed by atoms with Crippen LogP contribution in [0.2, 0.25) is 0 Å². The zero-order valence-electron chi connectivity index (χ0n) is 16.8. The topological polar surface area (TPSA) is 96.6 Å². The molecule has 2 aliphatic heterocycles. The van der Waals surface area contributed by atoms with Crippen molar-refractivity contribution in [2.45, 2.75) is 52.2 Å². The average Bonchev–Trinajstić information content (AvgIpc) is 3.36. The van der Waals surface area contributed by atoms with Crippen LogP contribution in [-0.2, 0) is 19.6 Å². The minimum absolute atomic E-state index is 0.179. The van der Waals surface area contributed by atoms with Gasteiger partial charge in [-0.15, -0.1) is 11.3 Å². The molecule has 9 heteroatoms. The van der Waals surface area contributed by atoms with Gasteiger partial charge < -0.3 is 20.7 Å². The predicted octanol–water partition coefficient (Wildman–Crippen LogP) is 3.44. The van der Waals surface area contributed by atoms with Crippen LogP contribution in [0.1, 0.15) is 48.1 Å². The van der Waals surface area contributed by atoms with Crippen molar-refractivity contribution in [2.75, 3.05) is 30.7 Å². The number of aromatic nitrogens is 2. The van der Waals surface area contributed by atoms with Crippen LogP contribution in [0.5, 0.6) is 6.01 Å². The number of likely N-dealkylation sites (tertiary alicyclic amines) is 1. The molecule has 0 atom stereocenters. The van der Waals surface area contributed by atoms with Gasteiger partial charge in [-0.2, -0.15) is 9.97 Å². The molecule has 0 radical (unpaired) electrons. The molecule has 29 heavy (non-hydrogen) atoms. The lowest BCUT2D eigenvalue weighted by Crippen LogP contribution is -2.39. The van der Waals surface area contributed by atoms with Crippen molar-refractivity contribution in [3.8, 4) is 6.01 Å². The first-order chi connectivity index (χ1) is 14.1. The summed E-state index contributed by atoms with van der Waals surface area (Å²) in [4.78, 5) is 27.9. The number of nitrogen functional groups attached to an aromatic ring is 1. The minimum Gasteiger partial charge on any atom is -0.463 e. The van der Waals surface area contributed by atoms with E-state index in [1.54, 1.807) is 16.2 Å². The number of nitrogens with two attached hydrogens (primary N) is 1. The van der Waals surface area contributed by atoms with E-state index >= 15 is 0 Å². The van der Waals surface area contributed by atoms with E-state index in [1.807, 2.05) is 0 Å². The molecule has 0 bridgehead atoms. The number of nitrogens with one attached hydrogen (secondary N) is 1. The molecular weight excluding hydrogens is 388 g/mol. The normalized spacial score (nSPS) is 16.7. The SMILES string of the molecule is CCCCOc1nc(N)c2c(n1)CN(Cc1ccc(CN3CCCC3)s1)C(=O)N2. The summed E-state index contributed by atoms with van der Waals surface area (Å²) >= 11 is 1.77. The zero-order chi connectivity index (χ0) is 20.2. The van der Waals surface area contributed by atoms with E-state index in [0.29, 0.717) is 31.1 Å². The summed E-state index contributed by atoms with van der Waals surface area (Å²) < 4.78 is 5.60. The van der Waals surface area contributed by atoms with Crippen molar-refractivity contribution < 1.29 is 9.53 Å². The Morgan fingerprint density at radius 3 is 2.72 bits per heavy atom. The van der Waals surface area contributed by atoms with Crippen molar-refractivity contribution in [2.24, 2.45) is 0 Å². The fraction of sp³-hybridized carbons (Fsp3) is 0.550. The first-order valence-electron chi connectivity index (χ1n) is 10.3. The summed E-state index contributed by atoms with van der Waals surface area (Å²) in [5.41, 5.74) is 7.21. The maximum Gasteiger partial charge on any atom is 0.322 e. The lowest BCUT2D eigenvalue weighted by molar-refractivity contribution is 0.202. The molecule has 2 aliphatic rings. The fourth-order valence-corrected chi connectivity index (χ4v) is 4.71. The van der Waals surface area contributed by atoms with Gasteiger partial charge in [0, 0.05) is 16.3 Å². The lowest BCUT2D eigenvalue weighted by atomic mass is 10.2. The van der Waals surface area contributed by atoms with E-state index in [1.165, 1.54) is 35.7 Å². The highest BCUT2D eigenvalue weighted by Gasteiger charge is 2.27. The molecule has 8 nitrogen and oxygen atoms in total. The molecule has 0 aliphatic carbocycles. The number of carbonyl (C=O) groups excluding carboxylic acids is 1. The minimum atomic E-state index is -0.179. The van der Waals surface area contributed by atoms with Crippen LogP contribution < -0.4 is 15.8 Å². The molecule has 2 aromatic rings. The van der Waals surface area contributed by atoms with Crippen LogP contribution >= 0.6 is 11.3 Å². The fourth-order valence-electron chi connectivity index (χ4n) is 3.63. The Hall–Kier alpha value is -2.39. The summed E-state index contributed by atoms with van der Waals surface area (Å²) in [7, 11) is 0. The van der Waals surface area contributed by atoms with Gasteiger partial charge in [0.15, 0.2) is 5.82 Å². The molecule has 1 fully saturated rings. The Kier molecular flexibility index (Phi) is 6.15. The molecule has 0 saturated carbocycles. The van der Waals surface area contributed by atoms with Crippen LogP contribution in [0.25, 0.3) is 0 Å². The van der Waals surface area contributed by atoms with Crippen LogP contribution in [0.4, 0.5) is 16.3 Å². The number of fused-ring (bicyclic) bond motifs is 1. The van der Waals surface area contributed by atoms with E-state index in [-0.39, 0.29) is 17.9 Å². The smallest absolute Gasteiger partial charge is 0.322 e. The average molecular weight is 417 g/mol. The largest absolute Gasteiger partial charge is 0.463 e. The quantitative estimate of drug-likeness (QED) is 0.640. The third-order valence-electron chi connectivity index (χ3n) is 5.22. The Morgan fingerprint density at radius 1 is 1.21 bits per heavy atom. The van der Waals surface area contributed by atoms with Gasteiger partial charge in [-0.05, 0) is 44.5 Å². The zero-order valence-corrected chi connectivity index (χ0v) is 17.6. The van der Waals surface area contributed by atoms with Crippen LogP contribution in [-0.4, -0.2) is 45.5 Å². The maximum atomic E-state index is 12.6. The monoisotopic (exact) mass is 416 g/mol. The number of anilines is 2. The van der Waals surface area contributed by atoms with Crippen LogP contribution in [0, 0.1) is 0 Å². The third kappa shape index (κ3) is 4.79. The van der Waals surface area contributed by atoms with Crippen LogP contribution in [0.15, 0.2) is 12.1 Å². The Morgan fingerprint density at radius 2 is 1.97 bits per heavy atom. The summed E-state index contributed by atoms with van der Waals surface area (Å²) in [6.07, 6.45) is 4.55. The van der Waals surface area contributed by atoms with Crippen molar-refractivity contribution in [3.05, 3.63) is 27.6 Å². The maximum absolute atomic E-state index is 12.6. The first-order valence-corrected chi connectivity index (χ1v) is 11.1. The van der Waals surface area contributed by atoms with Gasteiger partial charge in [0.25, 0.3) is 0 Å². The number of hydrogen-bond acceptors (Lipinski definition) is 7. The Bertz CT molecular complexity index is 865. The van der Waals surface area contributed by atoms with Gasteiger partial charge in [0.1, 0.15) is 5.69 Å². The Balaban J connectivity index is 1.42. The van der Waals surface area contributed by atoms with Crippen molar-refractivity contribution in [3.63, 3.8) is 0 Å². The molecule has 156 valence electrons. The number of hydrogen-bond donors (Lipinski definition) is 2. The van der Waals surface area contributed by atoms with Gasteiger partial charge >= 0.3 is 12.0 Å². The summed E-state index contributed by atoms with van der Waals surface area (Å²) in [6.45, 7) is 6.95. The van der Waals surface area contributed by atoms with Gasteiger partial charge in [-0.25, -0.2) is 4.79 Å². The van der Waals surface area contributed by atoms with E-state index in [2.05, 4.69) is 39.2 Å². The number of urea groups is 1. The molecule has 2 amide bonds. The van der Waals surface area contributed by atoms with E-state index in [9.17, 15) is 4.79 Å². The number of carbonyl (C=O) groups is 1. The number of unbranched alkanes of at least 4 members (excludes halogenated alkanes) is 1. The second-order valence-corrected chi connectivity index (χ2v) is 8.81. The second kappa shape index (κ2) is 8.96. The van der Waals surface area contributed by atoms with Crippen molar-refractivity contribution in [1.29, 1.82) is 0 Å². The molecule has 0 unspecified atom stereocenters. The van der Waals surface area contributed by atoms with Gasteiger partial charge in [0.2, 0.25) is 0 Å². The molecule has 0 spiro atoms. The number of ether oxygens (including phenoxy) is 1. The van der Waals surface area contributed by atoms with E-state index < -0.39 is 0 Å².